The minimum absolute atomic E-state index is 0. The van der Waals surface area contributed by atoms with E-state index in [2.05, 4.69) is 18.3 Å². The number of halogens is 1. The molecule has 2 heterocycles. The van der Waals surface area contributed by atoms with E-state index in [1.807, 2.05) is 23.1 Å². The summed E-state index contributed by atoms with van der Waals surface area (Å²) >= 11 is 0. The number of para-hydroxylation sites is 1. The van der Waals surface area contributed by atoms with Gasteiger partial charge in [0.05, 0.1) is 5.92 Å². The lowest BCUT2D eigenvalue weighted by Crippen LogP contribution is -2.53. The summed E-state index contributed by atoms with van der Waals surface area (Å²) in [5.41, 5.74) is 1.15. The number of carbonyl (C=O) groups is 1. The van der Waals surface area contributed by atoms with Crippen LogP contribution < -0.4 is 10.1 Å². The third-order valence-electron chi connectivity index (χ3n) is 3.91. The fourth-order valence-corrected chi connectivity index (χ4v) is 2.88. The summed E-state index contributed by atoms with van der Waals surface area (Å²) in [5, 5.41) is 3.36. The number of piperazine rings is 1. The number of ether oxygens (including phenoxy) is 1. The normalized spacial score (nSPS) is 25.1. The minimum atomic E-state index is -0.0276. The molecule has 1 amide bonds. The molecule has 2 aliphatic rings. The summed E-state index contributed by atoms with van der Waals surface area (Å²) in [4.78, 5) is 14.5. The molecule has 4 nitrogen and oxygen atoms in total. The van der Waals surface area contributed by atoms with Crippen LogP contribution in [-0.4, -0.2) is 43.1 Å². The van der Waals surface area contributed by atoms with Crippen molar-refractivity contribution in [1.29, 1.82) is 0 Å². The van der Waals surface area contributed by atoms with E-state index in [-0.39, 0.29) is 24.2 Å². The number of benzene rings is 1. The van der Waals surface area contributed by atoms with E-state index >= 15 is 0 Å². The maximum atomic E-state index is 12.5. The molecule has 2 aliphatic heterocycles. The van der Waals surface area contributed by atoms with Crippen LogP contribution in [0.1, 0.15) is 12.5 Å². The van der Waals surface area contributed by atoms with Gasteiger partial charge in [-0.1, -0.05) is 18.2 Å². The average Bonchev–Trinajstić information content (AvgIpc) is 2.46. The van der Waals surface area contributed by atoms with Crippen LogP contribution in [-0.2, 0) is 11.2 Å². The van der Waals surface area contributed by atoms with Gasteiger partial charge in [0.1, 0.15) is 12.4 Å². The topological polar surface area (TPSA) is 41.6 Å². The zero-order chi connectivity index (χ0) is 13.2. The Morgan fingerprint density at radius 3 is 3.00 bits per heavy atom. The highest BCUT2D eigenvalue weighted by Crippen LogP contribution is 2.27. The molecule has 1 aromatic rings. The molecule has 2 atom stereocenters. The Morgan fingerprint density at radius 1 is 1.40 bits per heavy atom. The number of rotatable bonds is 1. The Kier molecular flexibility index (Phi) is 4.89. The smallest absolute Gasteiger partial charge is 0.229 e. The Bertz CT molecular complexity index is 481. The van der Waals surface area contributed by atoms with Gasteiger partial charge in [-0.05, 0) is 25.0 Å². The summed E-state index contributed by atoms with van der Waals surface area (Å²) in [6.07, 6.45) is 0.799. The van der Waals surface area contributed by atoms with E-state index in [1.165, 1.54) is 0 Å². The van der Waals surface area contributed by atoms with Gasteiger partial charge < -0.3 is 15.0 Å². The van der Waals surface area contributed by atoms with E-state index < -0.39 is 0 Å². The average molecular weight is 297 g/mol. The van der Waals surface area contributed by atoms with Crippen molar-refractivity contribution >= 4 is 18.3 Å². The molecule has 0 spiro atoms. The molecule has 3 rings (SSSR count). The molecule has 5 heteroatoms. The molecule has 20 heavy (non-hydrogen) atoms. The van der Waals surface area contributed by atoms with Crippen molar-refractivity contribution in [2.75, 3.05) is 26.2 Å². The van der Waals surface area contributed by atoms with Crippen LogP contribution in [0.5, 0.6) is 5.75 Å². The Hall–Kier alpha value is -1.26. The zero-order valence-electron chi connectivity index (χ0n) is 11.7. The predicted molar refractivity (Wildman–Crippen MR) is 80.4 cm³/mol. The standard InChI is InChI=1S/C15H20N2O2.ClH/c1-11-9-17(7-6-16-11)15(18)13-8-12-4-2-3-5-14(12)19-10-13;/h2-5,11,13,16H,6-10H2,1H3;1H. The molecule has 1 fully saturated rings. The van der Waals surface area contributed by atoms with Gasteiger partial charge in [-0.15, -0.1) is 12.4 Å². The van der Waals surface area contributed by atoms with Gasteiger partial charge in [0.15, 0.2) is 0 Å². The van der Waals surface area contributed by atoms with Gasteiger partial charge >= 0.3 is 0 Å². The highest BCUT2D eigenvalue weighted by molar-refractivity contribution is 5.85. The molecule has 2 unspecified atom stereocenters. The van der Waals surface area contributed by atoms with Crippen LogP contribution in [0.3, 0.4) is 0 Å². The maximum Gasteiger partial charge on any atom is 0.229 e. The van der Waals surface area contributed by atoms with Crippen molar-refractivity contribution in [2.24, 2.45) is 5.92 Å². The lowest BCUT2D eigenvalue weighted by Gasteiger charge is -2.35. The van der Waals surface area contributed by atoms with Crippen molar-refractivity contribution in [1.82, 2.24) is 10.2 Å². The first kappa shape index (κ1) is 15.1. The molecule has 110 valence electrons. The number of nitrogens with zero attached hydrogens (tertiary/aromatic N) is 1. The molecule has 1 saturated heterocycles. The van der Waals surface area contributed by atoms with Crippen LogP contribution in [0.25, 0.3) is 0 Å². The highest BCUT2D eigenvalue weighted by Gasteiger charge is 2.31. The number of amides is 1. The number of carbonyl (C=O) groups excluding carboxylic acids is 1. The molecule has 1 N–H and O–H groups in total. The van der Waals surface area contributed by atoms with Crippen LogP contribution in [0.2, 0.25) is 0 Å². The highest BCUT2D eigenvalue weighted by atomic mass is 35.5. The predicted octanol–water partition coefficient (Wildman–Crippen LogP) is 1.48. The first-order valence-corrected chi connectivity index (χ1v) is 6.97. The number of fused-ring (bicyclic) bond motifs is 1. The second kappa shape index (κ2) is 6.46. The fraction of sp³-hybridized carbons (Fsp3) is 0.533. The van der Waals surface area contributed by atoms with Crippen molar-refractivity contribution in [2.45, 2.75) is 19.4 Å². The maximum absolute atomic E-state index is 12.5. The van der Waals surface area contributed by atoms with Crippen LogP contribution in [0, 0.1) is 5.92 Å². The van der Waals surface area contributed by atoms with Gasteiger partial charge in [-0.3, -0.25) is 4.79 Å². The van der Waals surface area contributed by atoms with Gasteiger partial charge in [0.25, 0.3) is 0 Å². The molecule has 0 aromatic heterocycles. The molecule has 1 aromatic carbocycles. The van der Waals surface area contributed by atoms with E-state index in [1.54, 1.807) is 0 Å². The Morgan fingerprint density at radius 2 is 2.20 bits per heavy atom. The zero-order valence-corrected chi connectivity index (χ0v) is 12.5. The summed E-state index contributed by atoms with van der Waals surface area (Å²) in [6.45, 7) is 5.12. The third kappa shape index (κ3) is 3.07. The van der Waals surface area contributed by atoms with Gasteiger partial charge in [0.2, 0.25) is 5.91 Å². The first-order chi connectivity index (χ1) is 9.24. The number of hydrogen-bond donors (Lipinski definition) is 1. The van der Waals surface area contributed by atoms with Gasteiger partial charge in [0, 0.05) is 25.7 Å². The second-order valence-corrected chi connectivity index (χ2v) is 5.46. The number of hydrogen-bond acceptors (Lipinski definition) is 3. The summed E-state index contributed by atoms with van der Waals surface area (Å²) < 4.78 is 5.71. The molecule has 0 bridgehead atoms. The van der Waals surface area contributed by atoms with Crippen LogP contribution >= 0.6 is 12.4 Å². The quantitative estimate of drug-likeness (QED) is 0.853. The Balaban J connectivity index is 0.00000147. The summed E-state index contributed by atoms with van der Waals surface area (Å²) in [6, 6.07) is 8.38. The molecular formula is C15H21ClN2O2. The molecule has 0 aliphatic carbocycles. The van der Waals surface area contributed by atoms with E-state index in [0.29, 0.717) is 12.6 Å². The first-order valence-electron chi connectivity index (χ1n) is 6.97. The summed E-state index contributed by atoms with van der Waals surface area (Å²) in [7, 11) is 0. The lowest BCUT2D eigenvalue weighted by atomic mass is 9.95. The fourth-order valence-electron chi connectivity index (χ4n) is 2.88. The van der Waals surface area contributed by atoms with Crippen molar-refractivity contribution in [3.05, 3.63) is 29.8 Å². The van der Waals surface area contributed by atoms with E-state index in [0.717, 1.165) is 37.4 Å². The SMILES string of the molecule is CC1CN(C(=O)C2COc3ccccc3C2)CCN1.Cl. The second-order valence-electron chi connectivity index (χ2n) is 5.46. The van der Waals surface area contributed by atoms with E-state index in [9.17, 15) is 4.79 Å². The van der Waals surface area contributed by atoms with Gasteiger partial charge in [-0.2, -0.15) is 0 Å². The van der Waals surface area contributed by atoms with Crippen LogP contribution in [0.4, 0.5) is 0 Å². The van der Waals surface area contributed by atoms with Crippen molar-refractivity contribution < 1.29 is 9.53 Å². The molecular weight excluding hydrogens is 276 g/mol. The van der Waals surface area contributed by atoms with E-state index in [4.69, 9.17) is 4.74 Å². The van der Waals surface area contributed by atoms with Crippen LogP contribution in [0.15, 0.2) is 24.3 Å². The van der Waals surface area contributed by atoms with Crippen molar-refractivity contribution in [3.63, 3.8) is 0 Å². The molecule has 0 radical (unpaired) electrons. The molecule has 0 saturated carbocycles. The van der Waals surface area contributed by atoms with Crippen molar-refractivity contribution in [3.8, 4) is 5.75 Å². The Labute approximate surface area is 125 Å². The number of nitrogens with one attached hydrogen (secondary N) is 1. The largest absolute Gasteiger partial charge is 0.492 e. The lowest BCUT2D eigenvalue weighted by molar-refractivity contribution is -0.138. The van der Waals surface area contributed by atoms with Gasteiger partial charge in [-0.25, -0.2) is 0 Å². The monoisotopic (exact) mass is 296 g/mol. The summed E-state index contributed by atoms with van der Waals surface area (Å²) in [5.74, 6) is 1.14. The third-order valence-corrected chi connectivity index (χ3v) is 3.91. The minimum Gasteiger partial charge on any atom is -0.492 e.